The van der Waals surface area contributed by atoms with Gasteiger partial charge in [-0.05, 0) is 101 Å². The molecule has 0 heterocycles. The van der Waals surface area contributed by atoms with Crippen molar-refractivity contribution >= 4 is 0 Å². The molecule has 0 nitrogen and oxygen atoms in total. The van der Waals surface area contributed by atoms with Gasteiger partial charge in [0.2, 0.25) is 0 Å². The minimum Gasteiger partial charge on any atom is -0.0654 e. The third-order valence-electron chi connectivity index (χ3n) is 12.2. The van der Waals surface area contributed by atoms with Crippen LogP contribution in [0.15, 0.2) is 0 Å². The van der Waals surface area contributed by atoms with Gasteiger partial charge >= 0.3 is 0 Å². The molecule has 0 radical (unpaired) electrons. The van der Waals surface area contributed by atoms with Crippen molar-refractivity contribution in [2.24, 2.45) is 56.2 Å². The first kappa shape index (κ1) is 42.0. The Bertz CT molecular complexity index is 711. The van der Waals surface area contributed by atoms with Gasteiger partial charge in [-0.2, -0.15) is 0 Å². The van der Waals surface area contributed by atoms with E-state index < -0.39 is 0 Å². The van der Waals surface area contributed by atoms with Crippen LogP contribution in [0.2, 0.25) is 0 Å². The largest absolute Gasteiger partial charge is 0.0654 e. The van der Waals surface area contributed by atoms with Crippen molar-refractivity contribution in [3.05, 3.63) is 0 Å². The van der Waals surface area contributed by atoms with E-state index in [0.29, 0.717) is 34.0 Å². The maximum absolute atomic E-state index is 2.72. The molecule has 0 aliphatic heterocycles. The maximum Gasteiger partial charge on any atom is -0.0125 e. The molecule has 0 fully saturated rings. The fourth-order valence-corrected chi connectivity index (χ4v) is 11.5. The second kappa shape index (κ2) is 17.1. The van der Waals surface area contributed by atoms with Crippen LogP contribution in [0.1, 0.15) is 215 Å². The molecule has 0 amide bonds. The zero-order valence-electron chi connectivity index (χ0n) is 33.2. The number of hydrogen-bond acceptors (Lipinski definition) is 0. The molecule has 0 saturated heterocycles. The van der Waals surface area contributed by atoms with Gasteiger partial charge in [0.05, 0.1) is 0 Å². The lowest BCUT2D eigenvalue weighted by molar-refractivity contribution is -0.277. The van der Waals surface area contributed by atoms with E-state index in [4.69, 9.17) is 0 Å². The maximum atomic E-state index is 2.72. The molecule has 0 saturated carbocycles. The quantitative estimate of drug-likeness (QED) is 0.117. The Labute approximate surface area is 270 Å². The average Bonchev–Trinajstić information content (AvgIpc) is 2.83. The Balaban J connectivity index is 8.89. The van der Waals surface area contributed by atoms with Crippen molar-refractivity contribution in [3.8, 4) is 0 Å². The van der Waals surface area contributed by atoms with E-state index in [9.17, 15) is 0 Å². The molecule has 0 N–H and O–H groups in total. The summed E-state index contributed by atoms with van der Waals surface area (Å²) in [6.45, 7) is 46.6. The van der Waals surface area contributed by atoms with Crippen LogP contribution in [0, 0.1) is 56.2 Å². The molecule has 0 aromatic heterocycles. The van der Waals surface area contributed by atoms with Crippen molar-refractivity contribution < 1.29 is 0 Å². The van der Waals surface area contributed by atoms with E-state index in [1.54, 1.807) is 0 Å². The molecular formula is C42H86. The Morgan fingerprint density at radius 3 is 1.40 bits per heavy atom. The molecule has 254 valence electrons. The summed E-state index contributed by atoms with van der Waals surface area (Å²) in [6.07, 6.45) is 18.9. The highest BCUT2D eigenvalue weighted by Crippen LogP contribution is 2.79. The highest BCUT2D eigenvalue weighted by Gasteiger charge is 2.72. The van der Waals surface area contributed by atoms with Crippen molar-refractivity contribution in [1.82, 2.24) is 0 Å². The van der Waals surface area contributed by atoms with Crippen LogP contribution in [0.25, 0.3) is 0 Å². The minimum atomic E-state index is 0.187. The third kappa shape index (κ3) is 8.83. The monoisotopic (exact) mass is 591 g/mol. The van der Waals surface area contributed by atoms with Crippen LogP contribution in [-0.4, -0.2) is 0 Å². The molecule has 0 spiro atoms. The standard InChI is InChI=1S/C42H86/c1-19-23-25-28-39(30-26-33(5)6,32-37(13,14)15)42(31-34(7)8,38(16,17)18)41(36(11)12,29-24-20-2)40(22-4,27-21-3)35(9)10/h33-36H,19-32H2,1-18H3. The predicted molar refractivity (Wildman–Crippen MR) is 195 cm³/mol. The summed E-state index contributed by atoms with van der Waals surface area (Å²) in [6, 6.07) is 0. The van der Waals surface area contributed by atoms with E-state index >= 15 is 0 Å². The number of unbranched alkanes of at least 4 members (excludes halogenated alkanes) is 3. The summed E-state index contributed by atoms with van der Waals surface area (Å²) in [5.41, 5.74) is 1.57. The lowest BCUT2D eigenvalue weighted by Gasteiger charge is -2.76. The van der Waals surface area contributed by atoms with Gasteiger partial charge in [-0.25, -0.2) is 0 Å². The lowest BCUT2D eigenvalue weighted by atomic mass is 9.28. The zero-order valence-corrected chi connectivity index (χ0v) is 33.2. The van der Waals surface area contributed by atoms with Gasteiger partial charge in [0, 0.05) is 0 Å². The van der Waals surface area contributed by atoms with Crippen molar-refractivity contribution in [2.45, 2.75) is 215 Å². The highest BCUT2D eigenvalue weighted by molar-refractivity contribution is 5.20. The summed E-state index contributed by atoms with van der Waals surface area (Å²) in [5, 5.41) is 0. The second-order valence-corrected chi connectivity index (χ2v) is 18.8. The SMILES string of the molecule is CCCCCC(CCC(C)C)(CC(C)(C)C)C(CC(C)C)(C(C)(C)C)C(CCCC)(C(C)C)C(CC)(CCC)C(C)C. The number of rotatable bonds is 21. The molecule has 0 rings (SSSR count). The molecule has 42 heavy (non-hydrogen) atoms. The van der Waals surface area contributed by atoms with E-state index in [1.165, 1.54) is 89.9 Å². The van der Waals surface area contributed by atoms with E-state index in [1.807, 2.05) is 0 Å². The van der Waals surface area contributed by atoms with Gasteiger partial charge in [-0.15, -0.1) is 0 Å². The summed E-state index contributed by atoms with van der Waals surface area (Å²) in [4.78, 5) is 0. The van der Waals surface area contributed by atoms with Crippen molar-refractivity contribution in [3.63, 3.8) is 0 Å². The first-order valence-electron chi connectivity index (χ1n) is 19.2. The van der Waals surface area contributed by atoms with Crippen molar-refractivity contribution in [2.75, 3.05) is 0 Å². The molecule has 0 aromatic carbocycles. The summed E-state index contributed by atoms with van der Waals surface area (Å²) in [5.74, 6) is 2.73. The zero-order chi connectivity index (χ0) is 33.2. The van der Waals surface area contributed by atoms with Crippen LogP contribution < -0.4 is 0 Å². The molecule has 4 atom stereocenters. The molecule has 0 aromatic rings. The Morgan fingerprint density at radius 2 is 1.07 bits per heavy atom. The van der Waals surface area contributed by atoms with Gasteiger partial charge in [0.1, 0.15) is 0 Å². The second-order valence-electron chi connectivity index (χ2n) is 18.8. The van der Waals surface area contributed by atoms with Crippen LogP contribution in [-0.2, 0) is 0 Å². The van der Waals surface area contributed by atoms with Crippen molar-refractivity contribution in [1.29, 1.82) is 0 Å². The molecular weight excluding hydrogens is 504 g/mol. The lowest BCUT2D eigenvalue weighted by Crippen LogP contribution is -2.69. The van der Waals surface area contributed by atoms with Crippen LogP contribution >= 0.6 is 0 Å². The predicted octanol–water partition coefficient (Wildman–Crippen LogP) is 15.2. The van der Waals surface area contributed by atoms with E-state index in [-0.39, 0.29) is 16.2 Å². The van der Waals surface area contributed by atoms with Gasteiger partial charge in [0.25, 0.3) is 0 Å². The molecule has 0 aliphatic rings. The Hall–Kier alpha value is 0. The molecule has 0 aliphatic carbocycles. The smallest absolute Gasteiger partial charge is 0.0125 e. The highest BCUT2D eigenvalue weighted by atomic mass is 14.8. The first-order chi connectivity index (χ1) is 19.2. The Morgan fingerprint density at radius 1 is 0.524 bits per heavy atom. The first-order valence-corrected chi connectivity index (χ1v) is 19.2. The summed E-state index contributed by atoms with van der Waals surface area (Å²) >= 11 is 0. The van der Waals surface area contributed by atoms with Crippen LogP contribution in [0.3, 0.4) is 0 Å². The topological polar surface area (TPSA) is 0 Å². The molecule has 0 bridgehead atoms. The summed E-state index contributed by atoms with van der Waals surface area (Å²) < 4.78 is 0. The van der Waals surface area contributed by atoms with E-state index in [2.05, 4.69) is 125 Å². The van der Waals surface area contributed by atoms with Gasteiger partial charge < -0.3 is 0 Å². The fourth-order valence-electron chi connectivity index (χ4n) is 11.5. The molecule has 4 unspecified atom stereocenters. The average molecular weight is 591 g/mol. The van der Waals surface area contributed by atoms with Gasteiger partial charge in [-0.1, -0.05) is 170 Å². The number of hydrogen-bond donors (Lipinski definition) is 0. The third-order valence-corrected chi connectivity index (χ3v) is 12.2. The normalized spacial score (nSPS) is 19.3. The van der Waals surface area contributed by atoms with Gasteiger partial charge in [0.15, 0.2) is 0 Å². The van der Waals surface area contributed by atoms with E-state index in [0.717, 1.165) is 5.92 Å². The fraction of sp³-hybridized carbons (Fsp3) is 1.00. The van der Waals surface area contributed by atoms with Crippen LogP contribution in [0.4, 0.5) is 0 Å². The van der Waals surface area contributed by atoms with Gasteiger partial charge in [-0.3, -0.25) is 0 Å². The molecule has 0 heteroatoms. The summed E-state index contributed by atoms with van der Waals surface area (Å²) in [7, 11) is 0. The van der Waals surface area contributed by atoms with Crippen LogP contribution in [0.5, 0.6) is 0 Å². The minimum absolute atomic E-state index is 0.187. The Kier molecular flexibility index (Phi) is 17.1.